The Morgan fingerprint density at radius 3 is 2.50 bits per heavy atom. The zero-order chi connectivity index (χ0) is 11.8. The van der Waals surface area contributed by atoms with Gasteiger partial charge in [-0.3, -0.25) is 0 Å². The van der Waals surface area contributed by atoms with E-state index in [0.717, 1.165) is 24.8 Å². The Bertz CT molecular complexity index is 453. The maximum Gasteiger partial charge on any atom is 0.235 e. The summed E-state index contributed by atoms with van der Waals surface area (Å²) in [6.07, 6.45) is 4.09. The largest absolute Gasteiger partial charge is 0.504 e. The molecule has 1 aromatic carbocycles. The van der Waals surface area contributed by atoms with Crippen molar-refractivity contribution in [3.05, 3.63) is 22.2 Å². The summed E-state index contributed by atoms with van der Waals surface area (Å²) in [6, 6.07) is 3.12. The highest BCUT2D eigenvalue weighted by Crippen LogP contribution is 2.48. The Morgan fingerprint density at radius 2 is 2.06 bits per heavy atom. The second-order valence-electron chi connectivity index (χ2n) is 3.91. The van der Waals surface area contributed by atoms with E-state index < -0.39 is 5.54 Å². The number of hydrogen-bond donors (Lipinski definition) is 2. The van der Waals surface area contributed by atoms with Gasteiger partial charge >= 0.3 is 0 Å². The van der Waals surface area contributed by atoms with Crippen LogP contribution < -0.4 is 0 Å². The van der Waals surface area contributed by atoms with Crippen LogP contribution in [-0.4, -0.2) is 16.3 Å². The van der Waals surface area contributed by atoms with Gasteiger partial charge < -0.3 is 10.2 Å². The first-order valence-corrected chi connectivity index (χ1v) is 5.69. The van der Waals surface area contributed by atoms with Crippen LogP contribution in [0.1, 0.15) is 24.8 Å². The van der Waals surface area contributed by atoms with Crippen LogP contribution >= 0.6 is 15.9 Å². The smallest absolute Gasteiger partial charge is 0.235 e. The molecule has 84 valence electrons. The predicted molar refractivity (Wildman–Crippen MR) is 61.1 cm³/mol. The zero-order valence-electron chi connectivity index (χ0n) is 8.40. The van der Waals surface area contributed by atoms with Gasteiger partial charge in [0.2, 0.25) is 6.08 Å². The van der Waals surface area contributed by atoms with Crippen LogP contribution in [0.25, 0.3) is 0 Å². The van der Waals surface area contributed by atoms with Gasteiger partial charge in [-0.2, -0.15) is 4.99 Å². The number of carbonyl (C=O) groups excluding carboxylic acids is 1. The third kappa shape index (κ3) is 1.62. The van der Waals surface area contributed by atoms with Crippen molar-refractivity contribution in [2.24, 2.45) is 4.99 Å². The molecular weight excluding hydrogens is 274 g/mol. The number of aromatic hydroxyl groups is 2. The number of phenolic OH excluding ortho intramolecular Hbond substituents is 2. The van der Waals surface area contributed by atoms with Crippen LogP contribution in [0.2, 0.25) is 0 Å². The molecule has 1 aliphatic carbocycles. The van der Waals surface area contributed by atoms with E-state index in [-0.39, 0.29) is 11.5 Å². The fourth-order valence-electron chi connectivity index (χ4n) is 1.92. The highest BCUT2D eigenvalue weighted by atomic mass is 79.9. The molecule has 0 atom stereocenters. The Balaban J connectivity index is 2.51. The molecule has 0 amide bonds. The fourth-order valence-corrected chi connectivity index (χ4v) is 2.37. The van der Waals surface area contributed by atoms with E-state index in [1.54, 1.807) is 12.1 Å². The molecule has 0 aromatic heterocycles. The van der Waals surface area contributed by atoms with Gasteiger partial charge in [0.25, 0.3) is 0 Å². The molecule has 0 heterocycles. The van der Waals surface area contributed by atoms with Crippen molar-refractivity contribution < 1.29 is 15.0 Å². The molecule has 1 saturated carbocycles. The van der Waals surface area contributed by atoms with Crippen LogP contribution in [0.4, 0.5) is 0 Å². The molecule has 2 rings (SSSR count). The van der Waals surface area contributed by atoms with Gasteiger partial charge in [0.05, 0.1) is 10.0 Å². The molecular formula is C11H10BrNO3. The highest BCUT2D eigenvalue weighted by Gasteiger charge is 2.39. The Kier molecular flexibility index (Phi) is 2.74. The van der Waals surface area contributed by atoms with Crippen molar-refractivity contribution in [1.82, 2.24) is 0 Å². The van der Waals surface area contributed by atoms with Crippen LogP contribution in [0.5, 0.6) is 11.5 Å². The molecule has 4 nitrogen and oxygen atoms in total. The standard InChI is InChI=1S/C11H10BrNO3/c12-8-4-7(5-9(15)10(8)16)11(13-6-14)2-1-3-11/h4-5,15-16H,1-3H2. The summed E-state index contributed by atoms with van der Waals surface area (Å²) in [5.74, 6) is -0.412. The number of aliphatic imine (C=N–C) groups is 1. The number of nitrogens with zero attached hydrogens (tertiary/aromatic N) is 1. The lowest BCUT2D eigenvalue weighted by atomic mass is 9.72. The molecule has 1 aromatic rings. The van der Waals surface area contributed by atoms with E-state index in [2.05, 4.69) is 20.9 Å². The summed E-state index contributed by atoms with van der Waals surface area (Å²) in [6.45, 7) is 0. The van der Waals surface area contributed by atoms with Crippen molar-refractivity contribution >= 4 is 22.0 Å². The highest BCUT2D eigenvalue weighted by molar-refractivity contribution is 9.10. The quantitative estimate of drug-likeness (QED) is 0.498. The normalized spacial score (nSPS) is 17.3. The lowest BCUT2D eigenvalue weighted by Crippen LogP contribution is -2.31. The molecule has 0 unspecified atom stereocenters. The van der Waals surface area contributed by atoms with Gasteiger partial charge in [0, 0.05) is 0 Å². The minimum Gasteiger partial charge on any atom is -0.504 e. The number of halogens is 1. The lowest BCUT2D eigenvalue weighted by Gasteiger charge is -2.37. The van der Waals surface area contributed by atoms with Crippen LogP contribution in [-0.2, 0) is 10.3 Å². The molecule has 0 bridgehead atoms. The lowest BCUT2D eigenvalue weighted by molar-refractivity contribution is 0.254. The fraction of sp³-hybridized carbons (Fsp3) is 0.364. The Hall–Kier alpha value is -1.32. The number of benzene rings is 1. The monoisotopic (exact) mass is 283 g/mol. The molecule has 0 aliphatic heterocycles. The number of rotatable bonds is 2. The van der Waals surface area contributed by atoms with E-state index in [0.29, 0.717) is 4.47 Å². The number of hydrogen-bond acceptors (Lipinski definition) is 4. The minimum absolute atomic E-state index is 0.201. The SMILES string of the molecule is O=C=NC1(c2cc(O)c(O)c(Br)c2)CCC1. The van der Waals surface area contributed by atoms with E-state index >= 15 is 0 Å². The van der Waals surface area contributed by atoms with Crippen LogP contribution in [0.15, 0.2) is 21.6 Å². The van der Waals surface area contributed by atoms with Gasteiger partial charge in [-0.05, 0) is 52.9 Å². The average Bonchev–Trinajstić information content (AvgIpc) is 2.19. The van der Waals surface area contributed by atoms with Crippen molar-refractivity contribution in [2.45, 2.75) is 24.8 Å². The topological polar surface area (TPSA) is 69.9 Å². The zero-order valence-corrected chi connectivity index (χ0v) is 9.99. The first kappa shape index (κ1) is 11.2. The molecule has 5 heteroatoms. The van der Waals surface area contributed by atoms with E-state index in [4.69, 9.17) is 0 Å². The second-order valence-corrected chi connectivity index (χ2v) is 4.77. The van der Waals surface area contributed by atoms with E-state index in [9.17, 15) is 15.0 Å². The summed E-state index contributed by atoms with van der Waals surface area (Å²) in [7, 11) is 0. The molecule has 16 heavy (non-hydrogen) atoms. The molecule has 2 N–H and O–H groups in total. The average molecular weight is 284 g/mol. The summed E-state index contributed by atoms with van der Waals surface area (Å²) in [4.78, 5) is 14.2. The van der Waals surface area contributed by atoms with Crippen molar-refractivity contribution in [1.29, 1.82) is 0 Å². The number of isocyanates is 1. The Labute approximate surface area is 101 Å². The second kappa shape index (κ2) is 3.92. The van der Waals surface area contributed by atoms with Gasteiger partial charge in [0.15, 0.2) is 11.5 Å². The molecule has 0 saturated heterocycles. The molecule has 1 fully saturated rings. The van der Waals surface area contributed by atoms with E-state index in [1.165, 1.54) is 6.07 Å². The van der Waals surface area contributed by atoms with Gasteiger partial charge in [-0.1, -0.05) is 0 Å². The Morgan fingerprint density at radius 1 is 1.38 bits per heavy atom. The van der Waals surface area contributed by atoms with Crippen LogP contribution in [0, 0.1) is 0 Å². The van der Waals surface area contributed by atoms with Gasteiger partial charge in [-0.15, -0.1) is 0 Å². The first-order chi connectivity index (χ1) is 7.59. The van der Waals surface area contributed by atoms with Gasteiger partial charge in [0.1, 0.15) is 0 Å². The summed E-state index contributed by atoms with van der Waals surface area (Å²) in [5, 5.41) is 18.9. The maximum absolute atomic E-state index is 10.4. The first-order valence-electron chi connectivity index (χ1n) is 4.90. The molecule has 0 spiro atoms. The van der Waals surface area contributed by atoms with Crippen LogP contribution in [0.3, 0.4) is 0 Å². The summed E-state index contributed by atoms with van der Waals surface area (Å²) < 4.78 is 0.398. The molecule has 1 aliphatic rings. The number of phenols is 2. The van der Waals surface area contributed by atoms with Crippen molar-refractivity contribution in [3.63, 3.8) is 0 Å². The van der Waals surface area contributed by atoms with Crippen molar-refractivity contribution in [2.75, 3.05) is 0 Å². The molecule has 0 radical (unpaired) electrons. The van der Waals surface area contributed by atoms with E-state index in [1.807, 2.05) is 0 Å². The third-order valence-corrected chi connectivity index (χ3v) is 3.63. The summed E-state index contributed by atoms with van der Waals surface area (Å²) in [5.41, 5.74) is 0.166. The predicted octanol–water partition coefficient (Wildman–Crippen LogP) is 2.58. The third-order valence-electron chi connectivity index (χ3n) is 3.02. The maximum atomic E-state index is 10.4. The van der Waals surface area contributed by atoms with Gasteiger partial charge in [-0.25, -0.2) is 4.79 Å². The minimum atomic E-state index is -0.560. The van der Waals surface area contributed by atoms with Crippen molar-refractivity contribution in [3.8, 4) is 11.5 Å². The summed E-state index contributed by atoms with van der Waals surface area (Å²) >= 11 is 3.14.